The summed E-state index contributed by atoms with van der Waals surface area (Å²) in [6, 6.07) is 4.30. The van der Waals surface area contributed by atoms with Crippen molar-refractivity contribution in [3.8, 4) is 0 Å². The van der Waals surface area contributed by atoms with Gasteiger partial charge in [0.1, 0.15) is 0 Å². The minimum absolute atomic E-state index is 0.195. The van der Waals surface area contributed by atoms with Crippen molar-refractivity contribution in [1.82, 2.24) is 0 Å². The molecule has 0 aromatic heterocycles. The van der Waals surface area contributed by atoms with Gasteiger partial charge < -0.3 is 0 Å². The van der Waals surface area contributed by atoms with E-state index in [0.29, 0.717) is 5.02 Å². The van der Waals surface area contributed by atoms with Crippen LogP contribution in [0, 0.1) is 0 Å². The molecule has 0 unspecified atom stereocenters. The minimum Gasteiger partial charge on any atom is -0.222 e. The number of halogens is 4. The Morgan fingerprint density at radius 2 is 1.71 bits per heavy atom. The zero-order chi connectivity index (χ0) is 10.9. The Morgan fingerprint density at radius 1 is 1.14 bits per heavy atom. The fourth-order valence-corrected chi connectivity index (χ4v) is 3.63. The molecule has 2 nitrogen and oxygen atoms in total. The van der Waals surface area contributed by atoms with Crippen molar-refractivity contribution >= 4 is 78.2 Å². The largest absolute Gasteiger partial charge is 0.222 e. The Labute approximate surface area is 120 Å². The summed E-state index contributed by atoms with van der Waals surface area (Å²) in [5.41, 5.74) is 0. The highest BCUT2D eigenvalue weighted by Crippen LogP contribution is 2.30. The van der Waals surface area contributed by atoms with Crippen LogP contribution in [-0.4, -0.2) is 9.68 Å². The highest BCUT2D eigenvalue weighted by atomic mass is 127. The van der Waals surface area contributed by atoms with Crippen molar-refractivity contribution < 1.29 is 8.42 Å². The quantitative estimate of drug-likeness (QED) is 0.479. The molecular formula is C7H4Cl2I2O2S. The smallest absolute Gasteiger partial charge is 0.199 e. The molecular weight excluding hydrogens is 473 g/mol. The van der Waals surface area contributed by atoms with E-state index in [-0.39, 0.29) is 9.92 Å². The van der Waals surface area contributed by atoms with Gasteiger partial charge in [0.25, 0.3) is 0 Å². The first-order valence-electron chi connectivity index (χ1n) is 3.33. The van der Waals surface area contributed by atoms with Gasteiger partial charge in [-0.25, -0.2) is 8.42 Å². The maximum Gasteiger partial charge on any atom is 0.199 e. The number of benzene rings is 1. The zero-order valence-electron chi connectivity index (χ0n) is 6.55. The second kappa shape index (κ2) is 5.03. The fourth-order valence-electron chi connectivity index (χ4n) is 0.757. The van der Waals surface area contributed by atoms with Crippen LogP contribution in [0.2, 0.25) is 10.0 Å². The average Bonchev–Trinajstić information content (AvgIpc) is 2.09. The molecule has 0 radical (unpaired) electrons. The van der Waals surface area contributed by atoms with E-state index < -0.39 is 11.1 Å². The molecule has 78 valence electrons. The number of alkyl halides is 2. The van der Waals surface area contributed by atoms with E-state index >= 15 is 0 Å². The third-order valence-corrected chi connectivity index (χ3v) is 7.59. The van der Waals surface area contributed by atoms with E-state index in [2.05, 4.69) is 0 Å². The summed E-state index contributed by atoms with van der Waals surface area (Å²) in [6.07, 6.45) is 0. The molecule has 1 aromatic rings. The monoisotopic (exact) mass is 476 g/mol. The van der Waals surface area contributed by atoms with Crippen molar-refractivity contribution in [3.05, 3.63) is 28.2 Å². The van der Waals surface area contributed by atoms with Crippen molar-refractivity contribution in [1.29, 1.82) is 0 Å². The molecule has 0 saturated carbocycles. The van der Waals surface area contributed by atoms with Crippen LogP contribution in [0.3, 0.4) is 0 Å². The van der Waals surface area contributed by atoms with Crippen LogP contribution in [0.4, 0.5) is 0 Å². The number of hydrogen-bond donors (Lipinski definition) is 0. The third kappa shape index (κ3) is 2.87. The average molecular weight is 477 g/mol. The van der Waals surface area contributed by atoms with Gasteiger partial charge in [0.2, 0.25) is 0 Å². The van der Waals surface area contributed by atoms with E-state index in [1.165, 1.54) is 18.2 Å². The molecule has 0 fully saturated rings. The first-order chi connectivity index (χ1) is 6.35. The van der Waals surface area contributed by atoms with Crippen LogP contribution in [-0.2, 0) is 9.84 Å². The molecule has 0 aliphatic rings. The van der Waals surface area contributed by atoms with Crippen LogP contribution >= 0.6 is 68.4 Å². The Balaban J connectivity index is 3.29. The Kier molecular flexibility index (Phi) is 4.77. The first-order valence-corrected chi connectivity index (χ1v) is 8.12. The predicted molar refractivity (Wildman–Crippen MR) is 75.5 cm³/mol. The van der Waals surface area contributed by atoms with Crippen LogP contribution in [0.15, 0.2) is 23.1 Å². The summed E-state index contributed by atoms with van der Waals surface area (Å²) in [6.45, 7) is 0. The Morgan fingerprint density at radius 3 is 2.14 bits per heavy atom. The van der Waals surface area contributed by atoms with Crippen LogP contribution in [0.5, 0.6) is 0 Å². The van der Waals surface area contributed by atoms with E-state index in [1.807, 2.05) is 45.2 Å². The molecule has 0 aliphatic carbocycles. The molecule has 14 heavy (non-hydrogen) atoms. The van der Waals surface area contributed by atoms with Crippen molar-refractivity contribution in [3.63, 3.8) is 0 Å². The summed E-state index contributed by atoms with van der Waals surface area (Å²) >= 11 is 15.1. The van der Waals surface area contributed by atoms with Gasteiger partial charge in [-0.05, 0) is 18.2 Å². The maximum atomic E-state index is 11.7. The van der Waals surface area contributed by atoms with Gasteiger partial charge in [-0.3, -0.25) is 0 Å². The molecule has 0 aliphatic heterocycles. The highest BCUT2D eigenvalue weighted by Gasteiger charge is 2.22. The molecule has 1 aromatic carbocycles. The van der Waals surface area contributed by atoms with Gasteiger partial charge in [-0.2, -0.15) is 0 Å². The second-order valence-electron chi connectivity index (χ2n) is 2.38. The summed E-state index contributed by atoms with van der Waals surface area (Å²) in [7, 11) is -3.29. The SMILES string of the molecule is O=S(=O)(c1ccc(Cl)c(Cl)c1)C(I)I. The standard InChI is InChI=1S/C7H4Cl2I2O2S/c8-5-2-1-4(3-6(5)9)14(12,13)7(10)11/h1-3,7H. The lowest BCUT2D eigenvalue weighted by molar-refractivity contribution is 0.600. The lowest BCUT2D eigenvalue weighted by Crippen LogP contribution is -2.07. The van der Waals surface area contributed by atoms with Gasteiger partial charge in [0.05, 0.1) is 14.9 Å². The van der Waals surface area contributed by atoms with Gasteiger partial charge >= 0.3 is 0 Å². The number of rotatable bonds is 2. The number of sulfone groups is 1. The molecule has 7 heteroatoms. The third-order valence-electron chi connectivity index (χ3n) is 1.45. The minimum atomic E-state index is -3.29. The Hall–Kier alpha value is 1.21. The highest BCUT2D eigenvalue weighted by molar-refractivity contribution is 14.2. The van der Waals surface area contributed by atoms with E-state index in [4.69, 9.17) is 23.2 Å². The molecule has 0 saturated heterocycles. The van der Waals surface area contributed by atoms with E-state index in [9.17, 15) is 8.42 Å². The van der Waals surface area contributed by atoms with Crippen molar-refractivity contribution in [2.45, 2.75) is 6.16 Å². The molecule has 1 rings (SSSR count). The summed E-state index contributed by atoms with van der Waals surface area (Å²) in [5.74, 6) is 0. The summed E-state index contributed by atoms with van der Waals surface area (Å²) in [4.78, 5) is 0.195. The van der Waals surface area contributed by atoms with Crippen LogP contribution in [0.1, 0.15) is 0 Å². The molecule has 0 atom stereocenters. The first kappa shape index (κ1) is 13.3. The van der Waals surface area contributed by atoms with Gasteiger partial charge in [0, 0.05) is 0 Å². The maximum absolute atomic E-state index is 11.7. The summed E-state index contributed by atoms with van der Waals surface area (Å²) < 4.78 is 22.8. The predicted octanol–water partition coefficient (Wildman–Crippen LogP) is 3.92. The second-order valence-corrected chi connectivity index (χ2v) is 11.8. The van der Waals surface area contributed by atoms with E-state index in [0.717, 1.165) is 0 Å². The topological polar surface area (TPSA) is 34.1 Å². The molecule has 0 N–H and O–H groups in total. The van der Waals surface area contributed by atoms with Crippen LogP contribution in [0.25, 0.3) is 0 Å². The van der Waals surface area contributed by atoms with Gasteiger partial charge in [-0.15, -0.1) is 0 Å². The Bertz CT molecular complexity index is 445. The van der Waals surface area contributed by atoms with E-state index in [1.54, 1.807) is 0 Å². The van der Waals surface area contributed by atoms with Gasteiger partial charge in [-0.1, -0.05) is 68.4 Å². The van der Waals surface area contributed by atoms with Gasteiger partial charge in [0.15, 0.2) is 11.1 Å². The molecule has 0 spiro atoms. The van der Waals surface area contributed by atoms with Crippen molar-refractivity contribution in [2.75, 3.05) is 0 Å². The molecule has 0 heterocycles. The normalized spacial score (nSPS) is 12.1. The lowest BCUT2D eigenvalue weighted by Gasteiger charge is -2.05. The van der Waals surface area contributed by atoms with Crippen molar-refractivity contribution in [2.24, 2.45) is 0 Å². The summed E-state index contributed by atoms with van der Waals surface area (Å²) in [5, 5.41) is 0.602. The zero-order valence-corrected chi connectivity index (χ0v) is 13.2. The number of hydrogen-bond acceptors (Lipinski definition) is 2. The van der Waals surface area contributed by atoms with Crippen LogP contribution < -0.4 is 0 Å². The molecule has 0 amide bonds. The molecule has 0 bridgehead atoms. The fraction of sp³-hybridized carbons (Fsp3) is 0.143. The lowest BCUT2D eigenvalue weighted by atomic mass is 10.4.